The van der Waals surface area contributed by atoms with E-state index >= 15 is 0 Å². The van der Waals surface area contributed by atoms with Crippen LogP contribution in [0.25, 0.3) is 22.1 Å². The molecular weight excluding hydrogens is 150 g/mol. The molecule has 2 heteroatoms. The van der Waals surface area contributed by atoms with Crippen LogP contribution < -0.4 is 0 Å². The average Bonchev–Trinajstić information content (AvgIpc) is 2.62. The largest absolute Gasteiger partial charge is 0.454 e. The van der Waals surface area contributed by atoms with Gasteiger partial charge in [0.05, 0.1) is 5.52 Å². The Balaban J connectivity index is 2.68. The number of benzene rings is 1. The van der Waals surface area contributed by atoms with Gasteiger partial charge in [-0.1, -0.05) is 12.1 Å². The van der Waals surface area contributed by atoms with Crippen LogP contribution in [0.3, 0.4) is 0 Å². The molecule has 0 saturated heterocycles. The highest BCUT2D eigenvalue weighted by molar-refractivity contribution is 6.02. The maximum atomic E-state index is 5.51. The molecule has 2 aromatic heterocycles. The smallest absolute Gasteiger partial charge is 0.161 e. The Hall–Kier alpha value is -1.70. The lowest BCUT2D eigenvalue weighted by Crippen LogP contribution is -1.63. The summed E-state index contributed by atoms with van der Waals surface area (Å²) in [6, 6.07) is 10.9. The van der Waals surface area contributed by atoms with Crippen molar-refractivity contribution in [2.75, 3.05) is 0 Å². The van der Waals surface area contributed by atoms with Gasteiger partial charge in [0.1, 0.15) is 5.58 Å². The SMILES string of the molecule is [c]1c[nH]c2c1oc1ccccc12. The zero-order valence-electron chi connectivity index (χ0n) is 6.29. The zero-order chi connectivity index (χ0) is 7.97. The van der Waals surface area contributed by atoms with E-state index in [0.717, 1.165) is 22.1 Å². The van der Waals surface area contributed by atoms with Crippen molar-refractivity contribution < 1.29 is 4.42 Å². The highest BCUT2D eigenvalue weighted by Crippen LogP contribution is 2.26. The Bertz CT molecular complexity index is 532. The Morgan fingerprint density at radius 3 is 3.17 bits per heavy atom. The number of para-hydroxylation sites is 1. The third kappa shape index (κ3) is 0.593. The topological polar surface area (TPSA) is 28.9 Å². The number of furan rings is 1. The molecule has 0 aliphatic rings. The Kier molecular flexibility index (Phi) is 0.939. The van der Waals surface area contributed by atoms with Gasteiger partial charge in [0.2, 0.25) is 0 Å². The summed E-state index contributed by atoms with van der Waals surface area (Å²) in [4.78, 5) is 3.09. The molecule has 0 spiro atoms. The molecule has 0 aliphatic heterocycles. The van der Waals surface area contributed by atoms with E-state index in [0.29, 0.717) is 0 Å². The fraction of sp³-hybridized carbons (Fsp3) is 0. The van der Waals surface area contributed by atoms with Crippen LogP contribution in [0.2, 0.25) is 0 Å². The van der Waals surface area contributed by atoms with Gasteiger partial charge in [0, 0.05) is 17.6 Å². The van der Waals surface area contributed by atoms with Gasteiger partial charge in [0.25, 0.3) is 0 Å². The van der Waals surface area contributed by atoms with Crippen LogP contribution >= 0.6 is 0 Å². The molecule has 0 atom stereocenters. The first-order valence-corrected chi connectivity index (χ1v) is 3.81. The number of rotatable bonds is 0. The molecule has 3 rings (SSSR count). The summed E-state index contributed by atoms with van der Waals surface area (Å²) in [6.07, 6.45) is 1.76. The Labute approximate surface area is 68.8 Å². The highest BCUT2D eigenvalue weighted by atomic mass is 16.3. The molecule has 1 N–H and O–H groups in total. The van der Waals surface area contributed by atoms with E-state index in [1.807, 2.05) is 24.3 Å². The van der Waals surface area contributed by atoms with Crippen LogP contribution in [-0.4, -0.2) is 4.98 Å². The number of aromatic amines is 1. The summed E-state index contributed by atoms with van der Waals surface area (Å²) < 4.78 is 5.51. The normalized spacial score (nSPS) is 11.3. The molecule has 3 aromatic rings. The van der Waals surface area contributed by atoms with E-state index < -0.39 is 0 Å². The van der Waals surface area contributed by atoms with Crippen molar-refractivity contribution in [2.24, 2.45) is 0 Å². The summed E-state index contributed by atoms with van der Waals surface area (Å²) >= 11 is 0. The fourth-order valence-electron chi connectivity index (χ4n) is 1.46. The van der Waals surface area contributed by atoms with E-state index in [9.17, 15) is 0 Å². The molecule has 0 fully saturated rings. The van der Waals surface area contributed by atoms with Gasteiger partial charge in [-0.25, -0.2) is 0 Å². The average molecular weight is 156 g/mol. The third-order valence-electron chi connectivity index (χ3n) is 2.02. The molecule has 2 nitrogen and oxygen atoms in total. The standard InChI is InChI=1S/C10H6NO/c1-2-4-8-7(3-1)10-9(12-8)5-6-11-10/h1-4,6,11H. The minimum absolute atomic E-state index is 0.802. The Morgan fingerprint density at radius 1 is 1.25 bits per heavy atom. The lowest BCUT2D eigenvalue weighted by Gasteiger charge is -1.83. The van der Waals surface area contributed by atoms with Crippen LogP contribution in [0.4, 0.5) is 0 Å². The minimum Gasteiger partial charge on any atom is -0.454 e. The lowest BCUT2D eigenvalue weighted by atomic mass is 10.2. The first-order valence-electron chi connectivity index (χ1n) is 3.81. The van der Waals surface area contributed by atoms with Gasteiger partial charge in [-0.05, 0) is 12.1 Å². The quantitative estimate of drug-likeness (QED) is 0.532. The second kappa shape index (κ2) is 1.91. The van der Waals surface area contributed by atoms with Crippen molar-refractivity contribution in [2.45, 2.75) is 0 Å². The summed E-state index contributed by atoms with van der Waals surface area (Å²) in [5.41, 5.74) is 2.75. The van der Waals surface area contributed by atoms with Crippen molar-refractivity contribution >= 4 is 22.1 Å². The first kappa shape index (κ1) is 5.89. The zero-order valence-corrected chi connectivity index (χ0v) is 6.29. The van der Waals surface area contributed by atoms with Crippen LogP contribution in [0.15, 0.2) is 34.9 Å². The van der Waals surface area contributed by atoms with Crippen LogP contribution in [0, 0.1) is 6.07 Å². The first-order chi connectivity index (χ1) is 5.95. The number of hydrogen-bond acceptors (Lipinski definition) is 1. The second-order valence-corrected chi connectivity index (χ2v) is 2.74. The van der Waals surface area contributed by atoms with Crippen molar-refractivity contribution in [3.8, 4) is 0 Å². The maximum absolute atomic E-state index is 5.51. The number of hydrogen-bond donors (Lipinski definition) is 1. The third-order valence-corrected chi connectivity index (χ3v) is 2.02. The van der Waals surface area contributed by atoms with Gasteiger partial charge in [-0.15, -0.1) is 0 Å². The van der Waals surface area contributed by atoms with Crippen LogP contribution in [-0.2, 0) is 0 Å². The molecule has 0 bridgehead atoms. The van der Waals surface area contributed by atoms with Crippen LogP contribution in [0.1, 0.15) is 0 Å². The molecule has 0 aliphatic carbocycles. The number of H-pyrrole nitrogens is 1. The minimum atomic E-state index is 0.802. The number of nitrogens with one attached hydrogen (secondary N) is 1. The predicted octanol–water partition coefficient (Wildman–Crippen LogP) is 2.71. The van der Waals surface area contributed by atoms with Gasteiger partial charge < -0.3 is 9.40 Å². The van der Waals surface area contributed by atoms with Gasteiger partial charge in [-0.2, -0.15) is 0 Å². The number of fused-ring (bicyclic) bond motifs is 3. The molecular formula is C10H6NO. The molecule has 12 heavy (non-hydrogen) atoms. The molecule has 2 heterocycles. The monoisotopic (exact) mass is 156 g/mol. The van der Waals surface area contributed by atoms with Crippen molar-refractivity contribution in [1.29, 1.82) is 0 Å². The van der Waals surface area contributed by atoms with Gasteiger partial charge in [0.15, 0.2) is 5.58 Å². The molecule has 1 aromatic carbocycles. The predicted molar refractivity (Wildman–Crippen MR) is 46.9 cm³/mol. The summed E-state index contributed by atoms with van der Waals surface area (Å²) in [5, 5.41) is 1.12. The van der Waals surface area contributed by atoms with E-state index in [1.54, 1.807) is 6.20 Å². The lowest BCUT2D eigenvalue weighted by molar-refractivity contribution is 0.669. The van der Waals surface area contributed by atoms with E-state index in [1.165, 1.54) is 0 Å². The van der Waals surface area contributed by atoms with E-state index in [2.05, 4.69) is 11.1 Å². The highest BCUT2D eigenvalue weighted by Gasteiger charge is 2.05. The van der Waals surface area contributed by atoms with Crippen LogP contribution in [0.5, 0.6) is 0 Å². The van der Waals surface area contributed by atoms with E-state index in [-0.39, 0.29) is 0 Å². The van der Waals surface area contributed by atoms with Crippen molar-refractivity contribution in [1.82, 2.24) is 4.98 Å². The summed E-state index contributed by atoms with van der Waals surface area (Å²) in [7, 11) is 0. The maximum Gasteiger partial charge on any atom is 0.161 e. The molecule has 1 radical (unpaired) electrons. The molecule has 57 valence electrons. The fourth-order valence-corrected chi connectivity index (χ4v) is 1.46. The molecule has 0 unspecified atom stereocenters. The second-order valence-electron chi connectivity index (χ2n) is 2.74. The molecule has 0 saturated carbocycles. The summed E-state index contributed by atoms with van der Waals surface area (Å²) in [5.74, 6) is 0. The number of aromatic nitrogens is 1. The summed E-state index contributed by atoms with van der Waals surface area (Å²) in [6.45, 7) is 0. The van der Waals surface area contributed by atoms with Gasteiger partial charge in [-0.3, -0.25) is 0 Å². The van der Waals surface area contributed by atoms with Crippen molar-refractivity contribution in [3.05, 3.63) is 36.5 Å². The Morgan fingerprint density at radius 2 is 2.17 bits per heavy atom. The molecule has 0 amide bonds. The van der Waals surface area contributed by atoms with Crippen molar-refractivity contribution in [3.63, 3.8) is 0 Å². The van der Waals surface area contributed by atoms with E-state index in [4.69, 9.17) is 4.42 Å². The van der Waals surface area contributed by atoms with Gasteiger partial charge >= 0.3 is 0 Å².